The Morgan fingerprint density at radius 3 is 1.83 bits per heavy atom. The first-order valence-electron chi connectivity index (χ1n) is 18.9. The van der Waals surface area contributed by atoms with Crippen LogP contribution in [0, 0.1) is 0 Å². The summed E-state index contributed by atoms with van der Waals surface area (Å²) in [5.41, 5.74) is 5.57. The molecule has 0 unspecified atom stereocenters. The van der Waals surface area contributed by atoms with E-state index in [1.54, 1.807) is 42.7 Å². The Labute approximate surface area is 313 Å². The fraction of sp³-hybridized carbons (Fsp3) is 0.512. The second kappa shape index (κ2) is 14.1. The number of nitrogens with zero attached hydrogens (tertiary/aromatic N) is 4. The number of imidazole rings is 2. The first-order valence-corrected chi connectivity index (χ1v) is 18.9. The number of ether oxygens (including phenoxy) is 2. The maximum Gasteiger partial charge on any atom is 0.410 e. The van der Waals surface area contributed by atoms with Gasteiger partial charge in [-0.05, 0) is 103 Å². The number of amides is 2. The van der Waals surface area contributed by atoms with Gasteiger partial charge in [0.15, 0.2) is 0 Å². The Kier molecular flexibility index (Phi) is 9.80. The normalized spacial score (nSPS) is 19.1. The number of hydrogen-bond donors (Lipinski definition) is 2. The van der Waals surface area contributed by atoms with Gasteiger partial charge < -0.3 is 19.4 Å². The number of alkyl halides is 3. The number of aryl methyl sites for hydroxylation is 2. The fourth-order valence-electron chi connectivity index (χ4n) is 7.81. The first-order chi connectivity index (χ1) is 25.4. The summed E-state index contributed by atoms with van der Waals surface area (Å²) in [5.74, 6) is 1.11. The number of carbonyl (C=O) groups is 2. The molecule has 2 aliphatic heterocycles. The monoisotopic (exact) mass is 746 g/mol. The van der Waals surface area contributed by atoms with E-state index in [4.69, 9.17) is 14.5 Å². The molecule has 2 saturated heterocycles. The van der Waals surface area contributed by atoms with Crippen LogP contribution in [0.1, 0.15) is 114 Å². The van der Waals surface area contributed by atoms with E-state index >= 15 is 0 Å². The molecule has 13 heteroatoms. The summed E-state index contributed by atoms with van der Waals surface area (Å²) in [6, 6.07) is 13.1. The van der Waals surface area contributed by atoms with Gasteiger partial charge in [0.1, 0.15) is 22.9 Å². The number of H-pyrrole nitrogens is 2. The van der Waals surface area contributed by atoms with Gasteiger partial charge in [0.05, 0.1) is 35.6 Å². The number of nitrogens with one attached hydrogen (secondary N) is 2. The highest BCUT2D eigenvalue weighted by atomic mass is 19.4. The molecule has 54 heavy (non-hydrogen) atoms. The third-order valence-corrected chi connectivity index (χ3v) is 10.1. The fourth-order valence-corrected chi connectivity index (χ4v) is 7.81. The average Bonchev–Trinajstić information content (AvgIpc) is 3.88. The van der Waals surface area contributed by atoms with Crippen LogP contribution in [0.2, 0.25) is 0 Å². The molecule has 1 aliphatic carbocycles. The van der Waals surface area contributed by atoms with Crippen LogP contribution in [0.4, 0.5) is 22.8 Å². The summed E-state index contributed by atoms with van der Waals surface area (Å²) < 4.78 is 52.6. The number of aromatic amines is 2. The minimum Gasteiger partial charge on any atom is -0.444 e. The lowest BCUT2D eigenvalue weighted by molar-refractivity contribution is -0.127. The molecule has 2 atom stereocenters. The minimum atomic E-state index is -4.45. The molecular weight excluding hydrogens is 697 g/mol. The van der Waals surface area contributed by atoms with Crippen molar-refractivity contribution in [2.24, 2.45) is 0 Å². The predicted molar refractivity (Wildman–Crippen MR) is 199 cm³/mol. The number of likely N-dealkylation sites (tertiary alicyclic amines) is 2. The number of benzene rings is 2. The van der Waals surface area contributed by atoms with Crippen molar-refractivity contribution in [3.8, 4) is 33.6 Å². The molecule has 2 N–H and O–H groups in total. The van der Waals surface area contributed by atoms with Crippen molar-refractivity contribution in [3.05, 3.63) is 71.1 Å². The minimum absolute atomic E-state index is 0.0349. The summed E-state index contributed by atoms with van der Waals surface area (Å²) in [6.07, 6.45) is -0.857. The molecular formula is C41H49F3N6O4. The number of carbonyl (C=O) groups excluding carboxylic acids is 2. The molecule has 2 amide bonds. The third kappa shape index (κ3) is 8.14. The SMILES string of the molecule is CC(C)(C)OC(=O)N1CCC[C@H]1c1nc(-c2ccc(-c3ccc4c(c3)CCCc3[nH]c([C@@H]5CCCN5C(=O)OC(C)(C)C)nc3-4)cc2)c(CC(F)(F)F)[nH]1. The Hall–Kier alpha value is -4.81. The van der Waals surface area contributed by atoms with Crippen molar-refractivity contribution in [2.45, 2.75) is 122 Å². The van der Waals surface area contributed by atoms with E-state index in [9.17, 15) is 22.8 Å². The molecule has 7 rings (SSSR count). The van der Waals surface area contributed by atoms with Gasteiger partial charge in [0, 0.05) is 29.9 Å². The van der Waals surface area contributed by atoms with Gasteiger partial charge in [-0.15, -0.1) is 0 Å². The van der Waals surface area contributed by atoms with E-state index in [0.29, 0.717) is 37.3 Å². The van der Waals surface area contributed by atoms with Crippen LogP contribution in [0.3, 0.4) is 0 Å². The molecule has 4 heterocycles. The van der Waals surface area contributed by atoms with E-state index in [1.807, 2.05) is 39.0 Å². The number of rotatable bonds is 5. The highest BCUT2D eigenvalue weighted by molar-refractivity contribution is 5.76. The topological polar surface area (TPSA) is 116 Å². The van der Waals surface area contributed by atoms with E-state index in [2.05, 4.69) is 27.1 Å². The molecule has 10 nitrogen and oxygen atoms in total. The van der Waals surface area contributed by atoms with Gasteiger partial charge >= 0.3 is 18.4 Å². The Bertz CT molecular complexity index is 2020. The number of fused-ring (bicyclic) bond motifs is 3. The lowest BCUT2D eigenvalue weighted by Crippen LogP contribution is -2.36. The number of halogens is 3. The van der Waals surface area contributed by atoms with Gasteiger partial charge in [-0.25, -0.2) is 19.6 Å². The molecule has 3 aliphatic rings. The van der Waals surface area contributed by atoms with Gasteiger partial charge in [-0.2, -0.15) is 13.2 Å². The third-order valence-electron chi connectivity index (χ3n) is 10.1. The summed E-state index contributed by atoms with van der Waals surface area (Å²) in [7, 11) is 0. The zero-order chi connectivity index (χ0) is 38.6. The Morgan fingerprint density at radius 2 is 1.26 bits per heavy atom. The van der Waals surface area contributed by atoms with Gasteiger partial charge in [-0.3, -0.25) is 9.80 Å². The standard InChI is InChI=1S/C41H49F3N6O4/c1-39(2,3)53-37(51)49-20-8-12-31(49)35-45-29-11-7-10-27-22-26(18-19-28(27)34(29)48-35)24-14-16-25(17-15-24)33-30(23-41(42,43)44)46-36(47-33)32-13-9-21-50(32)38(52)54-40(4,5)6/h14-19,22,31-32H,7-13,20-21,23H2,1-6H3,(H,45,48)(H,46,47)/t31-,32-/m0/s1. The Morgan fingerprint density at radius 1 is 0.722 bits per heavy atom. The van der Waals surface area contributed by atoms with Crippen LogP contribution in [-0.4, -0.2) is 72.4 Å². The summed E-state index contributed by atoms with van der Waals surface area (Å²) >= 11 is 0. The molecule has 0 saturated carbocycles. The molecule has 4 aromatic rings. The second-order valence-electron chi connectivity index (χ2n) is 16.7. The Balaban J connectivity index is 1.14. The van der Waals surface area contributed by atoms with Gasteiger partial charge in [0.2, 0.25) is 0 Å². The highest BCUT2D eigenvalue weighted by Gasteiger charge is 2.38. The van der Waals surface area contributed by atoms with E-state index in [0.717, 1.165) is 66.0 Å². The van der Waals surface area contributed by atoms with E-state index in [-0.39, 0.29) is 23.5 Å². The molecule has 2 aromatic carbocycles. The summed E-state index contributed by atoms with van der Waals surface area (Å²) in [5, 5.41) is 0. The summed E-state index contributed by atoms with van der Waals surface area (Å²) in [6.45, 7) is 12.0. The van der Waals surface area contributed by atoms with E-state index in [1.165, 1.54) is 5.56 Å². The van der Waals surface area contributed by atoms with Crippen LogP contribution < -0.4 is 0 Å². The van der Waals surface area contributed by atoms with Crippen LogP contribution >= 0.6 is 0 Å². The molecule has 2 fully saturated rings. The maximum atomic E-state index is 13.8. The van der Waals surface area contributed by atoms with Crippen LogP contribution in [-0.2, 0) is 28.7 Å². The first kappa shape index (κ1) is 37.5. The lowest BCUT2D eigenvalue weighted by atomic mass is 9.95. The molecule has 0 spiro atoms. The number of aromatic nitrogens is 4. The van der Waals surface area contributed by atoms with Crippen molar-refractivity contribution in [1.29, 1.82) is 0 Å². The molecule has 288 valence electrons. The van der Waals surface area contributed by atoms with Gasteiger partial charge in [-0.1, -0.05) is 42.5 Å². The van der Waals surface area contributed by atoms with Gasteiger partial charge in [0.25, 0.3) is 0 Å². The van der Waals surface area contributed by atoms with E-state index < -0.39 is 35.9 Å². The quantitative estimate of drug-likeness (QED) is 0.210. The van der Waals surface area contributed by atoms with Crippen molar-refractivity contribution in [1.82, 2.24) is 29.7 Å². The van der Waals surface area contributed by atoms with Crippen molar-refractivity contribution >= 4 is 12.2 Å². The summed E-state index contributed by atoms with van der Waals surface area (Å²) in [4.78, 5) is 45.6. The highest BCUT2D eigenvalue weighted by Crippen LogP contribution is 2.40. The lowest BCUT2D eigenvalue weighted by Gasteiger charge is -2.27. The zero-order valence-electron chi connectivity index (χ0n) is 31.8. The number of hydrogen-bond acceptors (Lipinski definition) is 6. The smallest absolute Gasteiger partial charge is 0.410 e. The van der Waals surface area contributed by atoms with Crippen molar-refractivity contribution in [3.63, 3.8) is 0 Å². The van der Waals surface area contributed by atoms with Crippen LogP contribution in [0.5, 0.6) is 0 Å². The van der Waals surface area contributed by atoms with Crippen molar-refractivity contribution < 1.29 is 32.2 Å². The zero-order valence-corrected chi connectivity index (χ0v) is 31.8. The molecule has 0 radical (unpaired) electrons. The van der Waals surface area contributed by atoms with Crippen LogP contribution in [0.25, 0.3) is 33.6 Å². The average molecular weight is 747 g/mol. The molecule has 0 bridgehead atoms. The largest absolute Gasteiger partial charge is 0.444 e. The predicted octanol–water partition coefficient (Wildman–Crippen LogP) is 9.87. The second-order valence-corrected chi connectivity index (χ2v) is 16.7. The van der Waals surface area contributed by atoms with Crippen LogP contribution in [0.15, 0.2) is 42.5 Å². The van der Waals surface area contributed by atoms with Crippen molar-refractivity contribution in [2.75, 3.05) is 13.1 Å². The maximum absolute atomic E-state index is 13.8. The molecule has 2 aromatic heterocycles.